The van der Waals surface area contributed by atoms with E-state index in [4.69, 9.17) is 4.74 Å². The SMILES string of the molecule is CCOc1cc(-c2nc(C(C)=O)cs2)ccc1O. The molecule has 0 saturated heterocycles. The lowest BCUT2D eigenvalue weighted by Crippen LogP contribution is -1.93. The summed E-state index contributed by atoms with van der Waals surface area (Å²) in [7, 11) is 0. The van der Waals surface area contributed by atoms with Gasteiger partial charge in [-0.15, -0.1) is 11.3 Å². The van der Waals surface area contributed by atoms with Crippen LogP contribution < -0.4 is 4.74 Å². The van der Waals surface area contributed by atoms with Crippen LogP contribution in [0.5, 0.6) is 11.5 Å². The van der Waals surface area contributed by atoms with Crippen molar-refractivity contribution >= 4 is 17.1 Å². The van der Waals surface area contributed by atoms with E-state index in [2.05, 4.69) is 4.98 Å². The zero-order valence-corrected chi connectivity index (χ0v) is 11.0. The van der Waals surface area contributed by atoms with Gasteiger partial charge in [0.25, 0.3) is 0 Å². The first kappa shape index (κ1) is 12.6. The number of phenolic OH excluding ortho intramolecular Hbond substituents is 1. The molecule has 4 nitrogen and oxygen atoms in total. The average Bonchev–Trinajstić information content (AvgIpc) is 2.82. The Morgan fingerprint density at radius 3 is 2.89 bits per heavy atom. The molecule has 0 bridgehead atoms. The minimum atomic E-state index is -0.0543. The van der Waals surface area contributed by atoms with Crippen LogP contribution in [0.25, 0.3) is 10.6 Å². The van der Waals surface area contributed by atoms with Gasteiger partial charge in [-0.25, -0.2) is 4.98 Å². The summed E-state index contributed by atoms with van der Waals surface area (Å²) in [6.45, 7) is 3.82. The van der Waals surface area contributed by atoms with E-state index in [-0.39, 0.29) is 11.5 Å². The van der Waals surface area contributed by atoms with Crippen LogP contribution in [0.15, 0.2) is 23.6 Å². The Balaban J connectivity index is 2.37. The van der Waals surface area contributed by atoms with Crippen LogP contribution in [0.4, 0.5) is 0 Å². The second-order valence-electron chi connectivity index (χ2n) is 3.71. The molecule has 94 valence electrons. The highest BCUT2D eigenvalue weighted by atomic mass is 32.1. The molecular formula is C13H13NO3S. The van der Waals surface area contributed by atoms with E-state index in [1.54, 1.807) is 23.6 Å². The van der Waals surface area contributed by atoms with E-state index in [1.807, 2.05) is 6.92 Å². The third-order valence-corrected chi connectivity index (χ3v) is 3.26. The van der Waals surface area contributed by atoms with Gasteiger partial charge in [-0.3, -0.25) is 4.79 Å². The van der Waals surface area contributed by atoms with Crippen LogP contribution in [0.2, 0.25) is 0 Å². The maximum Gasteiger partial charge on any atom is 0.178 e. The molecule has 1 heterocycles. The number of phenols is 1. The zero-order valence-electron chi connectivity index (χ0n) is 10.1. The summed E-state index contributed by atoms with van der Waals surface area (Å²) in [6, 6.07) is 5.04. The molecule has 0 aliphatic heterocycles. The molecule has 0 spiro atoms. The highest BCUT2D eigenvalue weighted by Gasteiger charge is 2.10. The molecule has 2 aromatic rings. The first-order valence-electron chi connectivity index (χ1n) is 5.54. The maximum atomic E-state index is 11.2. The van der Waals surface area contributed by atoms with Gasteiger partial charge in [-0.1, -0.05) is 0 Å². The van der Waals surface area contributed by atoms with Crippen LogP contribution in [-0.4, -0.2) is 22.5 Å². The predicted molar refractivity (Wildman–Crippen MR) is 70.4 cm³/mol. The predicted octanol–water partition coefficient (Wildman–Crippen LogP) is 3.12. The van der Waals surface area contributed by atoms with Crippen molar-refractivity contribution in [1.82, 2.24) is 4.98 Å². The number of ether oxygens (including phenoxy) is 1. The van der Waals surface area contributed by atoms with Gasteiger partial charge in [0.05, 0.1) is 6.61 Å². The van der Waals surface area contributed by atoms with Gasteiger partial charge in [-0.2, -0.15) is 0 Å². The minimum absolute atomic E-state index is 0.0543. The first-order chi connectivity index (χ1) is 8.61. The number of hydrogen-bond acceptors (Lipinski definition) is 5. The molecule has 0 fully saturated rings. The number of nitrogens with zero attached hydrogens (tertiary/aromatic N) is 1. The Hall–Kier alpha value is -1.88. The average molecular weight is 263 g/mol. The molecule has 0 unspecified atom stereocenters. The Kier molecular flexibility index (Phi) is 3.62. The summed E-state index contributed by atoms with van der Waals surface area (Å²) in [5.74, 6) is 0.472. The summed E-state index contributed by atoms with van der Waals surface area (Å²) >= 11 is 1.39. The Labute approximate surface area is 109 Å². The number of ketones is 1. The van der Waals surface area contributed by atoms with Crippen molar-refractivity contribution in [2.75, 3.05) is 6.61 Å². The number of hydrogen-bond donors (Lipinski definition) is 1. The van der Waals surface area contributed by atoms with Crippen molar-refractivity contribution in [3.8, 4) is 22.1 Å². The van der Waals surface area contributed by atoms with Crippen LogP contribution in [-0.2, 0) is 0 Å². The van der Waals surface area contributed by atoms with Gasteiger partial charge in [0.15, 0.2) is 17.3 Å². The number of benzene rings is 1. The molecule has 0 aliphatic rings. The third kappa shape index (κ3) is 2.51. The van der Waals surface area contributed by atoms with Crippen molar-refractivity contribution < 1.29 is 14.6 Å². The minimum Gasteiger partial charge on any atom is -0.504 e. The number of carbonyl (C=O) groups is 1. The van der Waals surface area contributed by atoms with Crippen LogP contribution >= 0.6 is 11.3 Å². The number of Topliss-reactive ketones (excluding diaryl/α,β-unsaturated/α-hetero) is 1. The fourth-order valence-corrected chi connectivity index (χ4v) is 2.34. The van der Waals surface area contributed by atoms with Crippen LogP contribution in [0, 0.1) is 0 Å². The number of thiazole rings is 1. The van der Waals surface area contributed by atoms with Crippen molar-refractivity contribution in [3.63, 3.8) is 0 Å². The second kappa shape index (κ2) is 5.18. The van der Waals surface area contributed by atoms with Crippen molar-refractivity contribution in [2.24, 2.45) is 0 Å². The Bertz CT molecular complexity index is 577. The summed E-state index contributed by atoms with van der Waals surface area (Å²) in [5, 5.41) is 12.1. The Morgan fingerprint density at radius 1 is 1.50 bits per heavy atom. The van der Waals surface area contributed by atoms with Gasteiger partial charge in [-0.05, 0) is 25.1 Å². The highest BCUT2D eigenvalue weighted by Crippen LogP contribution is 2.33. The van der Waals surface area contributed by atoms with Crippen LogP contribution in [0.1, 0.15) is 24.3 Å². The molecule has 0 amide bonds. The zero-order chi connectivity index (χ0) is 13.1. The quantitative estimate of drug-likeness (QED) is 0.861. The summed E-state index contributed by atoms with van der Waals surface area (Å²) in [6.07, 6.45) is 0. The molecule has 0 atom stereocenters. The molecule has 0 aliphatic carbocycles. The van der Waals surface area contributed by atoms with Crippen molar-refractivity contribution in [3.05, 3.63) is 29.3 Å². The van der Waals surface area contributed by atoms with Gasteiger partial charge in [0, 0.05) is 17.9 Å². The lowest BCUT2D eigenvalue weighted by Gasteiger charge is -2.06. The van der Waals surface area contributed by atoms with Gasteiger partial charge in [0.1, 0.15) is 10.7 Å². The molecule has 18 heavy (non-hydrogen) atoms. The molecule has 1 N–H and O–H groups in total. The number of aromatic nitrogens is 1. The van der Waals surface area contributed by atoms with E-state index in [0.717, 1.165) is 10.6 Å². The third-order valence-electron chi connectivity index (χ3n) is 2.37. The standard InChI is InChI=1S/C13H13NO3S/c1-3-17-12-6-9(4-5-11(12)16)13-14-10(7-18-13)8(2)15/h4-7,16H,3H2,1-2H3. The normalized spacial score (nSPS) is 10.3. The molecule has 0 radical (unpaired) electrons. The maximum absolute atomic E-state index is 11.2. The van der Waals surface area contributed by atoms with Gasteiger partial charge >= 0.3 is 0 Å². The van der Waals surface area contributed by atoms with Crippen molar-refractivity contribution in [2.45, 2.75) is 13.8 Å². The van der Waals surface area contributed by atoms with E-state index in [0.29, 0.717) is 18.1 Å². The van der Waals surface area contributed by atoms with Crippen LogP contribution in [0.3, 0.4) is 0 Å². The summed E-state index contributed by atoms with van der Waals surface area (Å²) < 4.78 is 5.31. The molecule has 0 saturated carbocycles. The first-order valence-corrected chi connectivity index (χ1v) is 6.42. The largest absolute Gasteiger partial charge is 0.504 e. The molecular weight excluding hydrogens is 250 g/mol. The number of aromatic hydroxyl groups is 1. The molecule has 1 aromatic carbocycles. The number of carbonyl (C=O) groups excluding carboxylic acids is 1. The molecule has 5 heteroatoms. The summed E-state index contributed by atoms with van der Waals surface area (Å²) in [5.41, 5.74) is 1.29. The highest BCUT2D eigenvalue weighted by molar-refractivity contribution is 7.13. The van der Waals surface area contributed by atoms with E-state index in [9.17, 15) is 9.90 Å². The summed E-state index contributed by atoms with van der Waals surface area (Å²) in [4.78, 5) is 15.4. The van der Waals surface area contributed by atoms with E-state index >= 15 is 0 Å². The lowest BCUT2D eigenvalue weighted by atomic mass is 10.2. The van der Waals surface area contributed by atoms with Gasteiger partial charge in [0.2, 0.25) is 0 Å². The molecule has 1 aromatic heterocycles. The van der Waals surface area contributed by atoms with E-state index < -0.39 is 0 Å². The second-order valence-corrected chi connectivity index (χ2v) is 4.57. The molecule has 2 rings (SSSR count). The number of rotatable bonds is 4. The topological polar surface area (TPSA) is 59.4 Å². The fraction of sp³-hybridized carbons (Fsp3) is 0.231. The van der Waals surface area contributed by atoms with Crippen molar-refractivity contribution in [1.29, 1.82) is 0 Å². The smallest absolute Gasteiger partial charge is 0.178 e. The monoisotopic (exact) mass is 263 g/mol. The fourth-order valence-electron chi connectivity index (χ4n) is 1.49. The van der Waals surface area contributed by atoms with E-state index in [1.165, 1.54) is 18.3 Å². The Morgan fingerprint density at radius 2 is 2.28 bits per heavy atom. The van der Waals surface area contributed by atoms with Gasteiger partial charge < -0.3 is 9.84 Å². The lowest BCUT2D eigenvalue weighted by molar-refractivity contribution is 0.101.